The van der Waals surface area contributed by atoms with Crippen molar-refractivity contribution in [2.75, 3.05) is 31.9 Å². The average molecular weight is 1060 g/mol. The topological polar surface area (TPSA) is 13.0 Å². The Morgan fingerprint density at radius 3 is 0.902 bits per heavy atom. The summed E-state index contributed by atoms with van der Waals surface area (Å²) in [7, 11) is 15.4. The molecule has 4 aliphatic carbocycles. The van der Waals surface area contributed by atoms with E-state index in [-0.39, 0.29) is 8.83 Å². The molecule has 0 aromatic carbocycles. The van der Waals surface area contributed by atoms with Crippen LogP contribution in [0.5, 0.6) is 0 Å². The van der Waals surface area contributed by atoms with E-state index in [9.17, 15) is 0 Å². The molecule has 0 aliphatic heterocycles. The smallest absolute Gasteiger partial charge is 0.147 e. The molecule has 0 unspecified atom stereocenters. The molecule has 0 saturated heterocycles. The van der Waals surface area contributed by atoms with Crippen LogP contribution >= 0.6 is 135 Å². The molecule has 0 N–H and O–H groups in total. The van der Waals surface area contributed by atoms with Gasteiger partial charge in [-0.15, -0.1) is 0 Å². The lowest BCUT2D eigenvalue weighted by atomic mass is 9.94. The van der Waals surface area contributed by atoms with Gasteiger partial charge in [-0.3, -0.25) is 0 Å². The lowest BCUT2D eigenvalue weighted by molar-refractivity contribution is 0.251. The molecule has 4 aliphatic rings. The summed E-state index contributed by atoms with van der Waals surface area (Å²) >= 11 is 25.7. The van der Waals surface area contributed by atoms with Crippen LogP contribution in [0.25, 0.3) is 0 Å². The molecule has 352 valence electrons. The number of thiocarbonyl (C=S) groups is 4. The Kier molecular flexibility index (Phi) is 28.2. The third kappa shape index (κ3) is 18.0. The van der Waals surface area contributed by atoms with Crippen LogP contribution in [0.4, 0.5) is 0 Å². The first-order chi connectivity index (χ1) is 29.5. The van der Waals surface area contributed by atoms with E-state index in [2.05, 4.69) is 61.1 Å². The maximum Gasteiger partial charge on any atom is 0.147 e. The average Bonchev–Trinajstić information content (AvgIpc) is 3.28. The lowest BCUT2D eigenvalue weighted by Crippen LogP contribution is -2.42. The van der Waals surface area contributed by atoms with E-state index < -0.39 is 0 Å². The largest absolute Gasteiger partial charge is 0.354 e. The summed E-state index contributed by atoms with van der Waals surface area (Å²) in [6.07, 6.45) is 30.5. The van der Waals surface area contributed by atoms with Crippen molar-refractivity contribution < 1.29 is 0 Å². The van der Waals surface area contributed by atoms with Crippen molar-refractivity contribution in [3.05, 3.63) is 0 Å². The van der Waals surface area contributed by atoms with Crippen LogP contribution in [-0.2, 0) is 0 Å². The van der Waals surface area contributed by atoms with Crippen molar-refractivity contribution in [1.82, 2.24) is 19.6 Å². The molecule has 0 atom stereocenters. The Morgan fingerprint density at radius 1 is 0.410 bits per heavy atom. The van der Waals surface area contributed by atoms with E-state index in [0.29, 0.717) is 24.2 Å². The summed E-state index contributed by atoms with van der Waals surface area (Å²) in [6, 6.07) is 2.26. The van der Waals surface area contributed by atoms with Crippen LogP contribution in [-0.4, -0.2) is 96.4 Å². The standard InChI is InChI=1S/C45H80N4S12/c1-7-31-46(36-23-15-11-16-24-36)40(50)55-54-35-44(5,6)45(59-56-41(51)47(32-8-2)37-25-17-12-18-26-37,60-57-42(52)48(33-9-3)38-27-19-13-20-28-38)61-58-43(53)49(34-10-4)39-29-21-14-22-30-39/h36-39H,7-35H2,1-6H3. The predicted octanol–water partition coefficient (Wildman–Crippen LogP) is 17.5. The van der Waals surface area contributed by atoms with E-state index in [4.69, 9.17) is 48.9 Å². The molecule has 61 heavy (non-hydrogen) atoms. The fraction of sp³-hybridized carbons (Fsp3) is 0.911. The van der Waals surface area contributed by atoms with Crippen LogP contribution < -0.4 is 0 Å². The molecule has 0 heterocycles. The summed E-state index contributed by atoms with van der Waals surface area (Å²) in [5.41, 5.74) is -0.157. The summed E-state index contributed by atoms with van der Waals surface area (Å²) in [5, 5.41) is 0. The molecule has 0 spiro atoms. The zero-order chi connectivity index (χ0) is 44.1. The van der Waals surface area contributed by atoms with Gasteiger partial charge in [0.2, 0.25) is 0 Å². The monoisotopic (exact) mass is 1060 g/mol. The minimum absolute atomic E-state index is 0.157. The number of nitrogens with zero attached hydrogens (tertiary/aromatic N) is 4. The van der Waals surface area contributed by atoms with Gasteiger partial charge in [-0.2, -0.15) is 0 Å². The molecule has 4 fully saturated rings. The first kappa shape index (κ1) is 56.0. The van der Waals surface area contributed by atoms with E-state index >= 15 is 0 Å². The first-order valence-electron chi connectivity index (χ1n) is 24.1. The van der Waals surface area contributed by atoms with Crippen LogP contribution in [0.15, 0.2) is 0 Å². The van der Waals surface area contributed by atoms with Gasteiger partial charge in [-0.05, 0) is 120 Å². The highest BCUT2D eigenvalue weighted by atomic mass is 33.2. The zero-order valence-electron chi connectivity index (χ0n) is 38.5. The maximum absolute atomic E-state index is 6.48. The highest BCUT2D eigenvalue weighted by Crippen LogP contribution is 2.69. The molecule has 0 amide bonds. The lowest BCUT2D eigenvalue weighted by Gasteiger charge is -2.45. The van der Waals surface area contributed by atoms with Crippen LogP contribution in [0.2, 0.25) is 0 Å². The number of rotatable bonds is 22. The Hall–Kier alpha value is 2.36. The van der Waals surface area contributed by atoms with E-state index in [1.807, 2.05) is 86.4 Å². The van der Waals surface area contributed by atoms with Gasteiger partial charge in [0.05, 0.1) is 0 Å². The van der Waals surface area contributed by atoms with Crippen molar-refractivity contribution in [3.8, 4) is 0 Å². The Labute approximate surface area is 428 Å². The number of hydrogen-bond donors (Lipinski definition) is 0. The quantitative estimate of drug-likeness (QED) is 0.0580. The molecule has 4 nitrogen and oxygen atoms in total. The molecule has 4 rings (SSSR count). The highest BCUT2D eigenvalue weighted by Gasteiger charge is 2.50. The number of hydrogen-bond acceptors (Lipinski definition) is 12. The second kappa shape index (κ2) is 30.8. The van der Waals surface area contributed by atoms with Crippen molar-refractivity contribution in [2.24, 2.45) is 5.41 Å². The molecule has 0 aromatic heterocycles. The minimum atomic E-state index is -0.341. The van der Waals surface area contributed by atoms with E-state index in [1.54, 1.807) is 0 Å². The van der Waals surface area contributed by atoms with Gasteiger partial charge < -0.3 is 19.6 Å². The third-order valence-electron chi connectivity index (χ3n) is 12.9. The fourth-order valence-electron chi connectivity index (χ4n) is 9.38. The van der Waals surface area contributed by atoms with Crippen LogP contribution in [0.3, 0.4) is 0 Å². The van der Waals surface area contributed by atoms with Crippen molar-refractivity contribution in [3.63, 3.8) is 0 Å². The Morgan fingerprint density at radius 2 is 0.656 bits per heavy atom. The van der Waals surface area contributed by atoms with E-state index in [1.165, 1.54) is 128 Å². The van der Waals surface area contributed by atoms with Gasteiger partial charge in [0.1, 0.15) is 20.7 Å². The van der Waals surface area contributed by atoms with Crippen molar-refractivity contribution >= 4 is 153 Å². The molecule has 4 saturated carbocycles. The predicted molar refractivity (Wildman–Crippen MR) is 308 cm³/mol. The minimum Gasteiger partial charge on any atom is -0.354 e. The summed E-state index contributed by atoms with van der Waals surface area (Å²) in [6.45, 7) is 18.4. The van der Waals surface area contributed by atoms with Crippen LogP contribution in [0.1, 0.15) is 196 Å². The molecular formula is C45H80N4S12. The second-order valence-corrected chi connectivity index (χ2v) is 30.9. The summed E-state index contributed by atoms with van der Waals surface area (Å²) < 4.78 is 3.89. The molecule has 0 radical (unpaired) electrons. The highest BCUT2D eigenvalue weighted by molar-refractivity contribution is 8.99. The molecule has 16 heteroatoms. The SMILES string of the molecule is CCCN(C(=S)SSCC(C)(C)C(SSC(=S)N(CCC)C1CCCCC1)(SSC(=S)N(CCC)C1CCCCC1)SSC(=S)N(CCC)C1CCCCC1)C1CCCCC1. The molecular weight excluding hydrogens is 981 g/mol. The third-order valence-corrected chi connectivity index (χ3v) is 30.1. The van der Waals surface area contributed by atoms with Gasteiger partial charge in [-0.25, -0.2) is 0 Å². The van der Waals surface area contributed by atoms with Gasteiger partial charge >= 0.3 is 0 Å². The second-order valence-electron chi connectivity index (χ2n) is 18.3. The van der Waals surface area contributed by atoms with Gasteiger partial charge in [0.25, 0.3) is 0 Å². The molecule has 0 aromatic rings. The summed E-state index contributed by atoms with van der Waals surface area (Å²) in [5.74, 6) is 0.952. The molecule has 0 bridgehead atoms. The van der Waals surface area contributed by atoms with Crippen molar-refractivity contribution in [2.45, 2.75) is 223 Å². The van der Waals surface area contributed by atoms with E-state index in [0.717, 1.165) is 74.9 Å². The Bertz CT molecular complexity index is 1190. The van der Waals surface area contributed by atoms with Gasteiger partial charge in [0, 0.05) is 61.5 Å². The normalized spacial score (nSPS) is 19.1. The first-order valence-corrected chi connectivity index (χ1v) is 34.5. The maximum atomic E-state index is 6.48. The van der Waals surface area contributed by atoms with Crippen molar-refractivity contribution in [1.29, 1.82) is 0 Å². The van der Waals surface area contributed by atoms with Gasteiger partial charge in [-0.1, -0.05) is 211 Å². The van der Waals surface area contributed by atoms with Gasteiger partial charge in [0.15, 0.2) is 0 Å². The Balaban J connectivity index is 1.66. The summed E-state index contributed by atoms with van der Waals surface area (Å²) in [4.78, 5) is 10.4. The zero-order valence-corrected chi connectivity index (χ0v) is 48.3. The van der Waals surface area contributed by atoms with Crippen LogP contribution in [0, 0.1) is 5.41 Å². The fourth-order valence-corrected chi connectivity index (χ4v) is 26.8.